The van der Waals surface area contributed by atoms with E-state index in [2.05, 4.69) is 10.3 Å². The molecule has 2 rings (SSSR count). The second-order valence-corrected chi connectivity index (χ2v) is 5.58. The van der Waals surface area contributed by atoms with Crippen molar-refractivity contribution >= 4 is 11.9 Å². The van der Waals surface area contributed by atoms with Crippen LogP contribution in [0.25, 0.3) is 0 Å². The lowest BCUT2D eigenvalue weighted by molar-refractivity contribution is -0.148. The van der Waals surface area contributed by atoms with Gasteiger partial charge in [0, 0.05) is 12.3 Å². The minimum Gasteiger partial charge on any atom is -0.467 e. The van der Waals surface area contributed by atoms with Crippen LogP contribution in [0.5, 0.6) is 0 Å². The Kier molecular flexibility index (Phi) is 4.80. The van der Waals surface area contributed by atoms with E-state index in [1.807, 2.05) is 13.0 Å². The number of esters is 1. The normalized spacial score (nSPS) is 21.5. The number of aromatic amines is 1. The summed E-state index contributed by atoms with van der Waals surface area (Å²) < 4.78 is 4.90. The molecule has 0 saturated heterocycles. The number of H-pyrrole nitrogens is 1. The highest BCUT2D eigenvalue weighted by Crippen LogP contribution is 2.28. The fraction of sp³-hybridized carbons (Fsp3) is 0.438. The number of pyridine rings is 1. The van der Waals surface area contributed by atoms with Crippen LogP contribution < -0.4 is 10.9 Å². The molecular formula is C16H20N2O4. The summed E-state index contributed by atoms with van der Waals surface area (Å²) in [6, 6.07) is 2.70. The maximum absolute atomic E-state index is 12.4. The van der Waals surface area contributed by atoms with Gasteiger partial charge in [-0.05, 0) is 38.7 Å². The van der Waals surface area contributed by atoms with Crippen LogP contribution in [0.1, 0.15) is 43.0 Å². The van der Waals surface area contributed by atoms with E-state index >= 15 is 0 Å². The summed E-state index contributed by atoms with van der Waals surface area (Å²) in [5.74, 6) is -0.856. The monoisotopic (exact) mass is 304 g/mol. The van der Waals surface area contributed by atoms with Crippen LogP contribution in [-0.4, -0.2) is 29.5 Å². The quantitative estimate of drug-likeness (QED) is 0.655. The van der Waals surface area contributed by atoms with Gasteiger partial charge in [0.25, 0.3) is 5.91 Å². The van der Waals surface area contributed by atoms with Gasteiger partial charge in [0.05, 0.1) is 12.7 Å². The Labute approximate surface area is 128 Å². The number of carbonyl (C=O) groups is 2. The van der Waals surface area contributed by atoms with Gasteiger partial charge in [0.15, 0.2) is 0 Å². The molecule has 0 aliphatic heterocycles. The molecule has 22 heavy (non-hydrogen) atoms. The summed E-state index contributed by atoms with van der Waals surface area (Å²) in [7, 11) is 1.32. The van der Waals surface area contributed by atoms with Crippen LogP contribution in [0.3, 0.4) is 0 Å². The topological polar surface area (TPSA) is 88.3 Å². The average Bonchev–Trinajstić information content (AvgIpc) is 2.70. The van der Waals surface area contributed by atoms with Gasteiger partial charge in [0.1, 0.15) is 5.54 Å². The number of methoxy groups -OCH3 is 1. The highest BCUT2D eigenvalue weighted by Gasteiger charge is 2.40. The number of amides is 1. The Hall–Kier alpha value is -2.37. The second-order valence-electron chi connectivity index (χ2n) is 5.58. The lowest BCUT2D eigenvalue weighted by Crippen LogP contribution is -2.54. The third-order valence-corrected chi connectivity index (χ3v) is 3.95. The van der Waals surface area contributed by atoms with Crippen molar-refractivity contribution in [3.63, 3.8) is 0 Å². The minimum atomic E-state index is -1.06. The fourth-order valence-corrected chi connectivity index (χ4v) is 2.61. The van der Waals surface area contributed by atoms with Crippen LogP contribution in [0.2, 0.25) is 0 Å². The predicted molar refractivity (Wildman–Crippen MR) is 81.5 cm³/mol. The van der Waals surface area contributed by atoms with E-state index in [-0.39, 0.29) is 5.56 Å². The first-order chi connectivity index (χ1) is 10.5. The van der Waals surface area contributed by atoms with Gasteiger partial charge in [-0.3, -0.25) is 9.59 Å². The van der Waals surface area contributed by atoms with Crippen molar-refractivity contribution in [2.45, 2.75) is 38.1 Å². The number of rotatable bonds is 3. The highest BCUT2D eigenvalue weighted by molar-refractivity contribution is 5.98. The molecule has 118 valence electrons. The molecule has 6 nitrogen and oxygen atoms in total. The van der Waals surface area contributed by atoms with Crippen molar-refractivity contribution in [3.8, 4) is 0 Å². The molecular weight excluding hydrogens is 284 g/mol. The summed E-state index contributed by atoms with van der Waals surface area (Å²) in [5, 5.41) is 2.80. The zero-order valence-corrected chi connectivity index (χ0v) is 12.8. The van der Waals surface area contributed by atoms with Crippen molar-refractivity contribution in [3.05, 3.63) is 45.9 Å². The maximum atomic E-state index is 12.4. The summed E-state index contributed by atoms with van der Waals surface area (Å²) in [6.45, 7) is 2.01. The van der Waals surface area contributed by atoms with Gasteiger partial charge in [0.2, 0.25) is 5.56 Å². The lowest BCUT2D eigenvalue weighted by Gasteiger charge is -2.30. The molecule has 6 heteroatoms. The van der Waals surface area contributed by atoms with E-state index in [4.69, 9.17) is 4.74 Å². The number of hydrogen-bond donors (Lipinski definition) is 2. The van der Waals surface area contributed by atoms with E-state index in [0.29, 0.717) is 18.4 Å². The van der Waals surface area contributed by atoms with Crippen LogP contribution in [0.4, 0.5) is 0 Å². The number of ether oxygens (including phenoxy) is 1. The minimum absolute atomic E-state index is 0.285. The van der Waals surface area contributed by atoms with E-state index < -0.39 is 17.4 Å². The SMILES string of the molecule is COC(=O)C1(NC(=O)c2ccc(=O)[nH]c2)CC=C(C)CCC1. The van der Waals surface area contributed by atoms with Crippen LogP contribution in [0, 0.1) is 0 Å². The average molecular weight is 304 g/mol. The third-order valence-electron chi connectivity index (χ3n) is 3.95. The summed E-state index contributed by atoms with van der Waals surface area (Å²) in [6.07, 6.45) is 5.91. The van der Waals surface area contributed by atoms with Gasteiger partial charge in [-0.15, -0.1) is 0 Å². The number of allylic oxidation sites excluding steroid dienone is 1. The maximum Gasteiger partial charge on any atom is 0.331 e. The molecule has 1 heterocycles. The molecule has 0 spiro atoms. The smallest absolute Gasteiger partial charge is 0.331 e. The number of nitrogens with one attached hydrogen (secondary N) is 2. The zero-order chi connectivity index (χ0) is 16.2. The zero-order valence-electron chi connectivity index (χ0n) is 12.8. The van der Waals surface area contributed by atoms with Gasteiger partial charge >= 0.3 is 5.97 Å². The molecule has 0 saturated carbocycles. The Balaban J connectivity index is 2.26. The number of carbonyl (C=O) groups excluding carboxylic acids is 2. The van der Waals surface area contributed by atoms with Crippen LogP contribution in [-0.2, 0) is 9.53 Å². The third kappa shape index (κ3) is 3.44. The van der Waals surface area contributed by atoms with Crippen molar-refractivity contribution < 1.29 is 14.3 Å². The van der Waals surface area contributed by atoms with Gasteiger partial charge in [-0.1, -0.05) is 11.6 Å². The van der Waals surface area contributed by atoms with Crippen molar-refractivity contribution in [2.75, 3.05) is 7.11 Å². The van der Waals surface area contributed by atoms with Gasteiger partial charge in [-0.2, -0.15) is 0 Å². The molecule has 0 aromatic carbocycles. The number of hydrogen-bond acceptors (Lipinski definition) is 4. The molecule has 1 atom stereocenters. The molecule has 1 unspecified atom stereocenters. The molecule has 1 aliphatic rings. The van der Waals surface area contributed by atoms with Crippen molar-refractivity contribution in [2.24, 2.45) is 0 Å². The van der Waals surface area contributed by atoms with Crippen LogP contribution in [0.15, 0.2) is 34.8 Å². The van der Waals surface area contributed by atoms with Gasteiger partial charge in [-0.25, -0.2) is 4.79 Å². The Morgan fingerprint density at radius 2 is 2.14 bits per heavy atom. The Bertz CT molecular complexity index is 642. The van der Waals surface area contributed by atoms with Gasteiger partial charge < -0.3 is 15.0 Å². The first kappa shape index (κ1) is 16.0. The summed E-state index contributed by atoms with van der Waals surface area (Å²) in [4.78, 5) is 38.1. The van der Waals surface area contributed by atoms with E-state index in [1.165, 1.54) is 31.0 Å². The predicted octanol–water partition coefficient (Wildman–Crippen LogP) is 1.54. The Morgan fingerprint density at radius 3 is 2.77 bits per heavy atom. The molecule has 1 aromatic rings. The molecule has 1 aromatic heterocycles. The first-order valence-corrected chi connectivity index (χ1v) is 7.22. The fourth-order valence-electron chi connectivity index (χ4n) is 2.61. The lowest BCUT2D eigenvalue weighted by atomic mass is 9.90. The molecule has 0 radical (unpaired) electrons. The standard InChI is InChI=1S/C16H20N2O4/c1-11-4-3-8-16(9-7-11,15(21)22-2)18-14(20)12-5-6-13(19)17-10-12/h5-7,10H,3-4,8-9H2,1-2H3,(H,17,19)(H,18,20). The molecule has 0 fully saturated rings. The van der Waals surface area contributed by atoms with E-state index in [9.17, 15) is 14.4 Å². The van der Waals surface area contributed by atoms with E-state index in [1.54, 1.807) is 0 Å². The van der Waals surface area contributed by atoms with E-state index in [0.717, 1.165) is 12.8 Å². The van der Waals surface area contributed by atoms with Crippen molar-refractivity contribution in [1.29, 1.82) is 0 Å². The largest absolute Gasteiger partial charge is 0.467 e. The Morgan fingerprint density at radius 1 is 1.36 bits per heavy atom. The first-order valence-electron chi connectivity index (χ1n) is 7.22. The molecule has 1 aliphatic carbocycles. The van der Waals surface area contributed by atoms with Crippen LogP contribution >= 0.6 is 0 Å². The molecule has 1 amide bonds. The highest BCUT2D eigenvalue weighted by atomic mass is 16.5. The molecule has 0 bridgehead atoms. The molecule has 2 N–H and O–H groups in total. The van der Waals surface area contributed by atoms with Crippen molar-refractivity contribution in [1.82, 2.24) is 10.3 Å². The second kappa shape index (κ2) is 6.60. The summed E-state index contributed by atoms with van der Waals surface area (Å²) >= 11 is 0. The number of aromatic nitrogens is 1. The summed E-state index contributed by atoms with van der Waals surface area (Å²) in [5.41, 5.74) is 0.156.